The third-order valence-electron chi connectivity index (χ3n) is 5.87. The molecule has 2 unspecified atom stereocenters. The predicted molar refractivity (Wildman–Crippen MR) is 135 cm³/mol. The molecule has 2 aromatic carbocycles. The van der Waals surface area contributed by atoms with Gasteiger partial charge in [0.15, 0.2) is 11.5 Å². The molecule has 0 saturated carbocycles. The normalized spacial score (nSPS) is 18.0. The van der Waals surface area contributed by atoms with Crippen molar-refractivity contribution >= 4 is 12.0 Å². The first-order valence-corrected chi connectivity index (χ1v) is 12.1. The second kappa shape index (κ2) is 13.4. The van der Waals surface area contributed by atoms with Gasteiger partial charge in [0.05, 0.1) is 39.5 Å². The van der Waals surface area contributed by atoms with Gasteiger partial charge in [-0.25, -0.2) is 4.39 Å². The van der Waals surface area contributed by atoms with Crippen LogP contribution in [0.3, 0.4) is 0 Å². The maximum atomic E-state index is 13.8. The number of hydrogen-bond acceptors (Lipinski definition) is 7. The minimum atomic E-state index is -0.741. The highest BCUT2D eigenvalue weighted by atomic mass is 19.1. The van der Waals surface area contributed by atoms with E-state index < -0.39 is 18.2 Å². The van der Waals surface area contributed by atoms with E-state index in [1.54, 1.807) is 32.4 Å². The summed E-state index contributed by atoms with van der Waals surface area (Å²) in [7, 11) is 3.19. The fraction of sp³-hybridized carbons (Fsp3) is 0.464. The summed E-state index contributed by atoms with van der Waals surface area (Å²) in [5.74, 6) is 0.387. The van der Waals surface area contributed by atoms with Crippen LogP contribution in [-0.2, 0) is 19.0 Å². The van der Waals surface area contributed by atoms with E-state index in [9.17, 15) is 14.3 Å². The maximum absolute atomic E-state index is 13.8. The largest absolute Gasteiger partial charge is 0.493 e. The standard InChI is InChI=1S/C28H35FO7/c1-18(2)24-17-25(33-4)28(35-14-13-34-12-11-32-3)27(19-5-7-20(29)8-6-19)23(24)10-9-22-15-21(30)16-26(31)36-22/h5-10,17-18,21-22,30H,11-16H2,1-4H3. The molecule has 3 rings (SSSR count). The molecule has 2 atom stereocenters. The minimum Gasteiger partial charge on any atom is -0.493 e. The Kier molecular flexibility index (Phi) is 10.3. The van der Waals surface area contributed by atoms with Gasteiger partial charge < -0.3 is 28.8 Å². The Bertz CT molecular complexity index is 1030. The second-order valence-electron chi connectivity index (χ2n) is 8.88. The van der Waals surface area contributed by atoms with Crippen molar-refractivity contribution in [2.24, 2.45) is 0 Å². The van der Waals surface area contributed by atoms with Crippen molar-refractivity contribution in [3.05, 3.63) is 53.4 Å². The highest BCUT2D eigenvalue weighted by molar-refractivity contribution is 5.85. The number of aliphatic hydroxyl groups excluding tert-OH is 1. The van der Waals surface area contributed by atoms with Crippen molar-refractivity contribution < 1.29 is 38.0 Å². The minimum absolute atomic E-state index is 0.00457. The Morgan fingerprint density at radius 3 is 2.50 bits per heavy atom. The third kappa shape index (κ3) is 7.29. The van der Waals surface area contributed by atoms with Crippen LogP contribution in [0.2, 0.25) is 0 Å². The molecule has 8 heteroatoms. The number of ether oxygens (including phenoxy) is 5. The lowest BCUT2D eigenvalue weighted by Crippen LogP contribution is -2.31. The van der Waals surface area contributed by atoms with Crippen molar-refractivity contribution in [2.75, 3.05) is 40.6 Å². The molecule has 1 heterocycles. The Balaban J connectivity index is 2.08. The van der Waals surface area contributed by atoms with E-state index in [0.29, 0.717) is 37.7 Å². The van der Waals surface area contributed by atoms with Gasteiger partial charge in [-0.2, -0.15) is 0 Å². The fourth-order valence-corrected chi connectivity index (χ4v) is 4.11. The van der Waals surface area contributed by atoms with Crippen LogP contribution in [0, 0.1) is 5.82 Å². The summed E-state index contributed by atoms with van der Waals surface area (Å²) in [6, 6.07) is 8.11. The number of esters is 1. The number of benzene rings is 2. The number of rotatable bonds is 12. The molecule has 196 valence electrons. The highest BCUT2D eigenvalue weighted by Crippen LogP contribution is 2.45. The van der Waals surface area contributed by atoms with Gasteiger partial charge >= 0.3 is 5.97 Å². The predicted octanol–water partition coefficient (Wildman–Crippen LogP) is 4.75. The summed E-state index contributed by atoms with van der Waals surface area (Å²) >= 11 is 0. The molecule has 1 aliphatic rings. The average Bonchev–Trinajstić information content (AvgIpc) is 2.84. The molecule has 1 fully saturated rings. The summed E-state index contributed by atoms with van der Waals surface area (Å²) in [5, 5.41) is 10.0. The van der Waals surface area contributed by atoms with Gasteiger partial charge in [-0.1, -0.05) is 32.1 Å². The van der Waals surface area contributed by atoms with Gasteiger partial charge in [0.2, 0.25) is 0 Å². The molecular formula is C28H35FO7. The van der Waals surface area contributed by atoms with E-state index in [4.69, 9.17) is 23.7 Å². The van der Waals surface area contributed by atoms with E-state index in [-0.39, 0.29) is 24.8 Å². The van der Waals surface area contributed by atoms with Crippen LogP contribution >= 0.6 is 0 Å². The summed E-state index contributed by atoms with van der Waals surface area (Å²) in [5.41, 5.74) is 3.29. The molecule has 0 spiro atoms. The van der Waals surface area contributed by atoms with Crippen molar-refractivity contribution in [3.63, 3.8) is 0 Å². The molecule has 7 nitrogen and oxygen atoms in total. The Hall–Kier alpha value is -2.94. The maximum Gasteiger partial charge on any atom is 0.309 e. The van der Waals surface area contributed by atoms with Gasteiger partial charge in [-0.05, 0) is 46.9 Å². The smallest absolute Gasteiger partial charge is 0.309 e. The topological polar surface area (TPSA) is 83.5 Å². The lowest BCUT2D eigenvalue weighted by molar-refractivity contribution is -0.156. The van der Waals surface area contributed by atoms with Crippen LogP contribution in [0.25, 0.3) is 17.2 Å². The number of carbonyl (C=O) groups is 1. The second-order valence-corrected chi connectivity index (χ2v) is 8.88. The van der Waals surface area contributed by atoms with Crippen LogP contribution in [0.15, 0.2) is 36.4 Å². The zero-order chi connectivity index (χ0) is 26.1. The van der Waals surface area contributed by atoms with Crippen LogP contribution in [0.5, 0.6) is 11.5 Å². The number of halogens is 1. The first kappa shape index (κ1) is 27.6. The van der Waals surface area contributed by atoms with E-state index in [1.165, 1.54) is 12.1 Å². The molecule has 0 radical (unpaired) electrons. The van der Waals surface area contributed by atoms with Gasteiger partial charge in [0.1, 0.15) is 18.5 Å². The van der Waals surface area contributed by atoms with E-state index in [1.807, 2.05) is 12.1 Å². The van der Waals surface area contributed by atoms with E-state index in [0.717, 1.165) is 22.3 Å². The van der Waals surface area contributed by atoms with Gasteiger partial charge in [-0.15, -0.1) is 0 Å². The molecule has 0 bridgehead atoms. The Labute approximate surface area is 211 Å². The van der Waals surface area contributed by atoms with Crippen LogP contribution in [0.4, 0.5) is 4.39 Å². The van der Waals surface area contributed by atoms with Crippen LogP contribution in [-0.4, -0.2) is 63.9 Å². The number of methoxy groups -OCH3 is 2. The molecule has 1 aliphatic heterocycles. The zero-order valence-electron chi connectivity index (χ0n) is 21.3. The molecule has 2 aromatic rings. The average molecular weight is 503 g/mol. The summed E-state index contributed by atoms with van der Waals surface area (Å²) in [6.07, 6.45) is 2.68. The van der Waals surface area contributed by atoms with Gasteiger partial charge in [-0.3, -0.25) is 4.79 Å². The summed E-state index contributed by atoms with van der Waals surface area (Å²) in [4.78, 5) is 11.8. The van der Waals surface area contributed by atoms with Gasteiger partial charge in [0, 0.05) is 19.1 Å². The van der Waals surface area contributed by atoms with Crippen molar-refractivity contribution in [1.29, 1.82) is 0 Å². The van der Waals surface area contributed by atoms with E-state index in [2.05, 4.69) is 13.8 Å². The SMILES string of the molecule is COCCOCCOc1c(OC)cc(C(C)C)c(C=CC2CC(O)CC(=O)O2)c1-c1ccc(F)cc1. The molecule has 1 saturated heterocycles. The summed E-state index contributed by atoms with van der Waals surface area (Å²) < 4.78 is 41.6. The Morgan fingerprint density at radius 2 is 1.86 bits per heavy atom. The molecule has 36 heavy (non-hydrogen) atoms. The van der Waals surface area contributed by atoms with Crippen molar-refractivity contribution in [2.45, 2.75) is 44.8 Å². The van der Waals surface area contributed by atoms with Crippen LogP contribution in [0.1, 0.15) is 43.7 Å². The lowest BCUT2D eigenvalue weighted by atomic mass is 9.88. The molecule has 0 aliphatic carbocycles. The number of aliphatic hydroxyl groups is 1. The third-order valence-corrected chi connectivity index (χ3v) is 5.87. The molecule has 1 N–H and O–H groups in total. The number of carbonyl (C=O) groups excluding carboxylic acids is 1. The van der Waals surface area contributed by atoms with Crippen LogP contribution < -0.4 is 9.47 Å². The van der Waals surface area contributed by atoms with E-state index >= 15 is 0 Å². The van der Waals surface area contributed by atoms with Crippen molar-refractivity contribution in [3.8, 4) is 22.6 Å². The molecule has 0 aromatic heterocycles. The molecular weight excluding hydrogens is 467 g/mol. The highest BCUT2D eigenvalue weighted by Gasteiger charge is 2.26. The first-order chi connectivity index (χ1) is 17.3. The zero-order valence-corrected chi connectivity index (χ0v) is 21.3. The first-order valence-electron chi connectivity index (χ1n) is 12.1. The van der Waals surface area contributed by atoms with Gasteiger partial charge in [0.25, 0.3) is 0 Å². The monoisotopic (exact) mass is 502 g/mol. The number of hydrogen-bond donors (Lipinski definition) is 1. The Morgan fingerprint density at radius 1 is 1.14 bits per heavy atom. The number of cyclic esters (lactones) is 1. The summed E-state index contributed by atoms with van der Waals surface area (Å²) in [6.45, 7) is 5.69. The lowest BCUT2D eigenvalue weighted by Gasteiger charge is -2.25. The fourth-order valence-electron chi connectivity index (χ4n) is 4.11. The van der Waals surface area contributed by atoms with Crippen molar-refractivity contribution in [1.82, 2.24) is 0 Å². The quantitative estimate of drug-likeness (QED) is 0.331. The molecule has 0 amide bonds.